The highest BCUT2D eigenvalue weighted by Gasteiger charge is 2.66. The first-order chi connectivity index (χ1) is 11.9. The Labute approximate surface area is 151 Å². The standard InChI is InChI=1S/C23H30O2/c1-21-11-7-16(24)14-15(21)5-6-17-18(21)8-12-22(2)19(17)9-13-23(22)10-3-4-20(23)25/h7,11,14,17-19H,3-6,8-10,12-13H2,1-2H3/t17?,18-,19?,21?,22+,23?/m0/s1. The first-order valence-electron chi connectivity index (χ1n) is 10.4. The molecule has 0 amide bonds. The molecule has 5 aliphatic carbocycles. The molecule has 5 rings (SSSR count). The van der Waals surface area contributed by atoms with E-state index in [4.69, 9.17) is 0 Å². The van der Waals surface area contributed by atoms with E-state index in [0.717, 1.165) is 38.0 Å². The lowest BCUT2D eigenvalue weighted by molar-refractivity contribution is -0.137. The second-order valence-corrected chi connectivity index (χ2v) is 9.96. The topological polar surface area (TPSA) is 34.1 Å². The van der Waals surface area contributed by atoms with Crippen LogP contribution in [0.3, 0.4) is 0 Å². The van der Waals surface area contributed by atoms with Gasteiger partial charge in [-0.2, -0.15) is 0 Å². The maximum absolute atomic E-state index is 12.9. The van der Waals surface area contributed by atoms with Gasteiger partial charge in [0.15, 0.2) is 5.78 Å². The fourth-order valence-corrected chi connectivity index (χ4v) is 8.13. The van der Waals surface area contributed by atoms with Gasteiger partial charge in [0, 0.05) is 17.3 Å². The minimum atomic E-state index is 0.0119. The van der Waals surface area contributed by atoms with Crippen LogP contribution < -0.4 is 0 Å². The molecule has 134 valence electrons. The second kappa shape index (κ2) is 4.96. The van der Waals surface area contributed by atoms with Crippen LogP contribution >= 0.6 is 0 Å². The molecule has 4 unspecified atom stereocenters. The Morgan fingerprint density at radius 1 is 0.960 bits per heavy atom. The zero-order chi connectivity index (χ0) is 17.4. The molecular weight excluding hydrogens is 308 g/mol. The summed E-state index contributed by atoms with van der Waals surface area (Å²) in [4.78, 5) is 24.7. The summed E-state index contributed by atoms with van der Waals surface area (Å²) >= 11 is 0. The molecule has 5 aliphatic rings. The molecule has 1 spiro atoms. The molecule has 0 aromatic heterocycles. The van der Waals surface area contributed by atoms with E-state index in [1.807, 2.05) is 6.08 Å². The summed E-state index contributed by atoms with van der Waals surface area (Å²) in [5.74, 6) is 2.84. The lowest BCUT2D eigenvalue weighted by Crippen LogP contribution is -2.52. The van der Waals surface area contributed by atoms with Crippen molar-refractivity contribution in [3.05, 3.63) is 23.8 Å². The zero-order valence-electron chi connectivity index (χ0n) is 15.6. The molecule has 4 fully saturated rings. The van der Waals surface area contributed by atoms with Crippen molar-refractivity contribution < 1.29 is 9.59 Å². The summed E-state index contributed by atoms with van der Waals surface area (Å²) in [7, 11) is 0. The van der Waals surface area contributed by atoms with Crippen LogP contribution in [0.25, 0.3) is 0 Å². The molecule has 0 aromatic carbocycles. The van der Waals surface area contributed by atoms with Crippen molar-refractivity contribution in [3.63, 3.8) is 0 Å². The highest BCUT2D eigenvalue weighted by atomic mass is 16.1. The lowest BCUT2D eigenvalue weighted by Gasteiger charge is -2.58. The number of carbonyl (C=O) groups is 2. The largest absolute Gasteiger partial charge is 0.299 e. The van der Waals surface area contributed by atoms with Crippen molar-refractivity contribution in [2.45, 2.75) is 71.6 Å². The predicted octanol–water partition coefficient (Wildman–Crippen LogP) is 5.03. The second-order valence-electron chi connectivity index (χ2n) is 9.96. The smallest absolute Gasteiger partial charge is 0.178 e. The Bertz CT molecular complexity index is 716. The molecule has 6 atom stereocenters. The van der Waals surface area contributed by atoms with E-state index in [-0.39, 0.29) is 22.0 Å². The third-order valence-corrected chi connectivity index (χ3v) is 9.46. The maximum Gasteiger partial charge on any atom is 0.178 e. The van der Waals surface area contributed by atoms with Crippen molar-refractivity contribution >= 4 is 11.6 Å². The van der Waals surface area contributed by atoms with Gasteiger partial charge in [-0.3, -0.25) is 9.59 Å². The van der Waals surface area contributed by atoms with Crippen LogP contribution in [-0.4, -0.2) is 11.6 Å². The Balaban J connectivity index is 1.52. The van der Waals surface area contributed by atoms with Gasteiger partial charge in [0.1, 0.15) is 5.78 Å². The van der Waals surface area contributed by atoms with E-state index in [0.29, 0.717) is 17.6 Å². The van der Waals surface area contributed by atoms with Crippen LogP contribution in [-0.2, 0) is 9.59 Å². The van der Waals surface area contributed by atoms with E-state index in [9.17, 15) is 9.59 Å². The van der Waals surface area contributed by atoms with Crippen LogP contribution in [0.4, 0.5) is 0 Å². The minimum Gasteiger partial charge on any atom is -0.299 e. The molecule has 0 bridgehead atoms. The fraction of sp³-hybridized carbons (Fsp3) is 0.739. The third-order valence-electron chi connectivity index (χ3n) is 9.46. The van der Waals surface area contributed by atoms with E-state index in [1.54, 1.807) is 6.08 Å². The number of Topliss-reactive ketones (excluding diaryl/α,β-unsaturated/α-hetero) is 1. The minimum absolute atomic E-state index is 0.0119. The lowest BCUT2D eigenvalue weighted by atomic mass is 9.45. The molecule has 2 heteroatoms. The summed E-state index contributed by atoms with van der Waals surface area (Å²) in [5.41, 5.74) is 1.69. The number of carbonyl (C=O) groups excluding carboxylic acids is 2. The molecule has 0 saturated heterocycles. The Hall–Kier alpha value is -1.18. The fourth-order valence-electron chi connectivity index (χ4n) is 8.13. The van der Waals surface area contributed by atoms with E-state index in [2.05, 4.69) is 19.9 Å². The molecule has 0 radical (unpaired) electrons. The monoisotopic (exact) mass is 338 g/mol. The summed E-state index contributed by atoms with van der Waals surface area (Å²) in [5, 5.41) is 0. The Kier molecular flexibility index (Phi) is 3.18. The van der Waals surface area contributed by atoms with Gasteiger partial charge in [0.2, 0.25) is 0 Å². The van der Waals surface area contributed by atoms with Crippen LogP contribution in [0.5, 0.6) is 0 Å². The van der Waals surface area contributed by atoms with Crippen molar-refractivity contribution in [1.82, 2.24) is 0 Å². The van der Waals surface area contributed by atoms with Crippen molar-refractivity contribution in [3.8, 4) is 0 Å². The summed E-state index contributed by atoms with van der Waals surface area (Å²) in [6.07, 6.45) is 16.1. The van der Waals surface area contributed by atoms with Crippen LogP contribution in [0.1, 0.15) is 71.6 Å². The van der Waals surface area contributed by atoms with Gasteiger partial charge >= 0.3 is 0 Å². The number of hydrogen-bond donors (Lipinski definition) is 0. The van der Waals surface area contributed by atoms with Crippen molar-refractivity contribution in [2.24, 2.45) is 34.0 Å². The number of allylic oxidation sites excluding steroid dienone is 4. The SMILES string of the molecule is CC12C=CC(=O)C=C1CCC1C3CCC4(CCCC4=O)[C@]3(C)CC[C@@H]12. The van der Waals surface area contributed by atoms with Crippen LogP contribution in [0.2, 0.25) is 0 Å². The molecule has 0 aromatic rings. The first kappa shape index (κ1) is 16.0. The molecule has 0 heterocycles. The summed E-state index contributed by atoms with van der Waals surface area (Å²) < 4.78 is 0. The third kappa shape index (κ3) is 1.82. The van der Waals surface area contributed by atoms with Gasteiger partial charge in [-0.25, -0.2) is 0 Å². The van der Waals surface area contributed by atoms with Gasteiger partial charge in [0.05, 0.1) is 0 Å². The van der Waals surface area contributed by atoms with E-state index < -0.39 is 0 Å². The highest BCUT2D eigenvalue weighted by molar-refractivity contribution is 6.01. The van der Waals surface area contributed by atoms with Crippen LogP contribution in [0, 0.1) is 34.0 Å². The maximum atomic E-state index is 12.9. The number of rotatable bonds is 0. The normalized spacial score (nSPS) is 51.3. The molecule has 2 nitrogen and oxygen atoms in total. The van der Waals surface area contributed by atoms with Gasteiger partial charge in [-0.1, -0.05) is 25.5 Å². The Morgan fingerprint density at radius 3 is 2.52 bits per heavy atom. The van der Waals surface area contributed by atoms with Crippen molar-refractivity contribution in [1.29, 1.82) is 0 Å². The molecule has 0 N–H and O–H groups in total. The number of fused-ring (bicyclic) bond motifs is 6. The van der Waals surface area contributed by atoms with E-state index in [1.165, 1.54) is 31.3 Å². The van der Waals surface area contributed by atoms with Gasteiger partial charge in [0.25, 0.3) is 0 Å². The van der Waals surface area contributed by atoms with E-state index >= 15 is 0 Å². The molecular formula is C23H30O2. The summed E-state index contributed by atoms with van der Waals surface area (Å²) in [6, 6.07) is 0. The number of ketones is 2. The van der Waals surface area contributed by atoms with Gasteiger partial charge in [-0.05, 0) is 86.7 Å². The average Bonchev–Trinajstić information content (AvgIpc) is 3.10. The Morgan fingerprint density at radius 2 is 1.76 bits per heavy atom. The zero-order valence-corrected chi connectivity index (χ0v) is 15.6. The molecule has 0 aliphatic heterocycles. The van der Waals surface area contributed by atoms with Gasteiger partial charge < -0.3 is 0 Å². The highest BCUT2D eigenvalue weighted by Crippen LogP contribution is 2.71. The molecule has 4 saturated carbocycles. The molecule has 25 heavy (non-hydrogen) atoms. The van der Waals surface area contributed by atoms with Gasteiger partial charge in [-0.15, -0.1) is 0 Å². The average molecular weight is 338 g/mol. The summed E-state index contributed by atoms with van der Waals surface area (Å²) in [6.45, 7) is 4.84. The first-order valence-corrected chi connectivity index (χ1v) is 10.4. The van der Waals surface area contributed by atoms with Crippen molar-refractivity contribution in [2.75, 3.05) is 0 Å². The quantitative estimate of drug-likeness (QED) is 0.620. The van der Waals surface area contributed by atoms with Crippen LogP contribution in [0.15, 0.2) is 23.8 Å². The number of hydrogen-bond acceptors (Lipinski definition) is 2. The predicted molar refractivity (Wildman–Crippen MR) is 97.9 cm³/mol.